The fourth-order valence-corrected chi connectivity index (χ4v) is 3.78. The average molecular weight is 464 g/mol. The molecule has 2 N–H and O–H groups in total. The van der Waals surface area contributed by atoms with Crippen molar-refractivity contribution in [1.29, 1.82) is 0 Å². The molecule has 0 fully saturated rings. The maximum atomic E-state index is 13.2. The molecule has 8 heteroatoms. The summed E-state index contributed by atoms with van der Waals surface area (Å²) in [4.78, 5) is 27.1. The molecule has 0 aromatic heterocycles. The van der Waals surface area contributed by atoms with Crippen molar-refractivity contribution in [2.24, 2.45) is 0 Å². The van der Waals surface area contributed by atoms with Crippen LogP contribution < -0.4 is 20.1 Å². The van der Waals surface area contributed by atoms with Crippen molar-refractivity contribution in [2.45, 2.75) is 26.0 Å². The number of hydrogen-bond donors (Lipinski definition) is 2. The number of hydrogen-bond acceptors (Lipinski definition) is 4. The Morgan fingerprint density at radius 2 is 1.82 bits per heavy atom. The molecule has 3 aromatic rings. The van der Waals surface area contributed by atoms with Crippen LogP contribution in [0.4, 0.5) is 20.6 Å². The van der Waals surface area contributed by atoms with E-state index < -0.39 is 12.1 Å². The number of fused-ring (bicyclic) bond motifs is 1. The van der Waals surface area contributed by atoms with Crippen LogP contribution in [0, 0.1) is 5.82 Å². The summed E-state index contributed by atoms with van der Waals surface area (Å²) in [7, 11) is 1.56. The van der Waals surface area contributed by atoms with E-state index in [1.807, 2.05) is 0 Å². The Bertz CT molecular complexity index is 1180. The molecule has 34 heavy (non-hydrogen) atoms. The van der Waals surface area contributed by atoms with Gasteiger partial charge in [0.1, 0.15) is 17.3 Å². The number of anilines is 2. The van der Waals surface area contributed by atoms with Gasteiger partial charge in [0.2, 0.25) is 0 Å². The third kappa shape index (κ3) is 5.64. The molecule has 0 radical (unpaired) electrons. The number of amides is 3. The minimum absolute atomic E-state index is 0.122. The van der Waals surface area contributed by atoms with Crippen LogP contribution in [0.15, 0.2) is 66.7 Å². The average Bonchev–Trinajstić information content (AvgIpc) is 2.94. The summed E-state index contributed by atoms with van der Waals surface area (Å²) < 4.78 is 24.2. The third-order valence-electron chi connectivity index (χ3n) is 5.55. The zero-order valence-electron chi connectivity index (χ0n) is 19.0. The van der Waals surface area contributed by atoms with Crippen molar-refractivity contribution in [3.8, 4) is 11.5 Å². The first-order chi connectivity index (χ1) is 16.4. The molecule has 1 atom stereocenters. The zero-order chi connectivity index (χ0) is 24.1. The molecule has 1 aliphatic heterocycles. The summed E-state index contributed by atoms with van der Waals surface area (Å²) in [6, 6.07) is 18.2. The number of methoxy groups -OCH3 is 1. The first-order valence-electron chi connectivity index (χ1n) is 11.0. The highest BCUT2D eigenvalue weighted by molar-refractivity contribution is 6.00. The zero-order valence-corrected chi connectivity index (χ0v) is 19.0. The van der Waals surface area contributed by atoms with Crippen LogP contribution in [0.1, 0.15) is 18.1 Å². The molecule has 0 saturated carbocycles. The minimum atomic E-state index is -0.635. The largest absolute Gasteiger partial charge is 0.497 e. The summed E-state index contributed by atoms with van der Waals surface area (Å²) in [5.41, 5.74) is 2.90. The number of halogens is 1. The van der Waals surface area contributed by atoms with E-state index in [-0.39, 0.29) is 11.7 Å². The van der Waals surface area contributed by atoms with Gasteiger partial charge in [0, 0.05) is 36.1 Å². The molecule has 0 saturated heterocycles. The van der Waals surface area contributed by atoms with Crippen molar-refractivity contribution in [1.82, 2.24) is 4.90 Å². The lowest BCUT2D eigenvalue weighted by atomic mass is 10.1. The summed E-state index contributed by atoms with van der Waals surface area (Å²) >= 11 is 0. The van der Waals surface area contributed by atoms with Crippen molar-refractivity contribution >= 4 is 23.3 Å². The molecule has 0 aliphatic carbocycles. The number of rotatable bonds is 6. The Morgan fingerprint density at radius 3 is 2.56 bits per heavy atom. The summed E-state index contributed by atoms with van der Waals surface area (Å²) in [5.74, 6) is 0.827. The second-order valence-electron chi connectivity index (χ2n) is 8.03. The van der Waals surface area contributed by atoms with Gasteiger partial charge in [0.05, 0.1) is 7.11 Å². The minimum Gasteiger partial charge on any atom is -0.497 e. The maximum absolute atomic E-state index is 13.2. The highest BCUT2D eigenvalue weighted by Crippen LogP contribution is 2.29. The van der Waals surface area contributed by atoms with Crippen LogP contribution in [0.2, 0.25) is 0 Å². The van der Waals surface area contributed by atoms with Gasteiger partial charge >= 0.3 is 6.03 Å². The van der Waals surface area contributed by atoms with Crippen LogP contribution in [0.3, 0.4) is 0 Å². The van der Waals surface area contributed by atoms with Crippen molar-refractivity contribution in [3.63, 3.8) is 0 Å². The monoisotopic (exact) mass is 463 g/mol. The molecule has 3 aromatic carbocycles. The van der Waals surface area contributed by atoms with Crippen molar-refractivity contribution in [2.75, 3.05) is 24.3 Å². The normalized spacial score (nSPS) is 15.1. The van der Waals surface area contributed by atoms with Gasteiger partial charge in [-0.05, 0) is 61.4 Å². The molecule has 0 bridgehead atoms. The highest BCUT2D eigenvalue weighted by Gasteiger charge is 2.27. The quantitative estimate of drug-likeness (QED) is 0.549. The third-order valence-corrected chi connectivity index (χ3v) is 5.55. The van der Waals surface area contributed by atoms with E-state index in [1.165, 1.54) is 12.1 Å². The van der Waals surface area contributed by atoms with Crippen molar-refractivity contribution in [3.05, 3.63) is 83.7 Å². The van der Waals surface area contributed by atoms with Crippen LogP contribution >= 0.6 is 0 Å². The highest BCUT2D eigenvalue weighted by atomic mass is 19.1. The van der Waals surface area contributed by atoms with Crippen LogP contribution in [-0.4, -0.2) is 36.6 Å². The first kappa shape index (κ1) is 23.1. The van der Waals surface area contributed by atoms with Crippen LogP contribution in [0.25, 0.3) is 0 Å². The van der Waals surface area contributed by atoms with Gasteiger partial charge in [0.25, 0.3) is 5.91 Å². The smallest absolute Gasteiger partial charge is 0.323 e. The van der Waals surface area contributed by atoms with Gasteiger partial charge in [-0.2, -0.15) is 0 Å². The Balaban J connectivity index is 1.45. The van der Waals surface area contributed by atoms with Gasteiger partial charge in [0.15, 0.2) is 6.10 Å². The lowest BCUT2D eigenvalue weighted by Crippen LogP contribution is -2.39. The first-order valence-corrected chi connectivity index (χ1v) is 11.0. The predicted molar refractivity (Wildman–Crippen MR) is 128 cm³/mol. The molecular formula is C26H26FN3O4. The van der Waals surface area contributed by atoms with Gasteiger partial charge in [-0.3, -0.25) is 4.79 Å². The number of carbonyl (C=O) groups excluding carboxylic acids is 2. The second kappa shape index (κ2) is 10.2. The lowest BCUT2D eigenvalue weighted by Gasteiger charge is -2.22. The topological polar surface area (TPSA) is 79.9 Å². The van der Waals surface area contributed by atoms with E-state index in [0.29, 0.717) is 42.4 Å². The lowest BCUT2D eigenvalue weighted by molar-refractivity contribution is -0.137. The van der Waals surface area contributed by atoms with E-state index in [0.717, 1.165) is 11.1 Å². The van der Waals surface area contributed by atoms with Crippen LogP contribution in [-0.2, 0) is 17.8 Å². The van der Waals surface area contributed by atoms with E-state index in [1.54, 1.807) is 73.5 Å². The Labute approximate surface area is 197 Å². The standard InChI is InChI=1S/C26H26FN3O4/c1-17-25(31)30(13-12-18-6-8-20(27)9-7-18)16-19-14-22(10-11-24(19)34-17)29-26(32)28-21-4-3-5-23(15-21)33-2/h3-11,14-15,17H,12-13,16H2,1-2H3,(H2,28,29,32)/t17-/m1/s1. The molecule has 4 rings (SSSR count). The number of urea groups is 1. The van der Waals surface area contributed by atoms with Crippen LogP contribution in [0.5, 0.6) is 11.5 Å². The molecule has 1 heterocycles. The summed E-state index contributed by atoms with van der Waals surface area (Å²) in [6.45, 7) is 2.52. The molecule has 1 aliphatic rings. The fourth-order valence-electron chi connectivity index (χ4n) is 3.78. The summed E-state index contributed by atoms with van der Waals surface area (Å²) in [6.07, 6.45) is -0.0424. The Hall–Kier alpha value is -4.07. The van der Waals surface area contributed by atoms with Gasteiger partial charge in [-0.15, -0.1) is 0 Å². The number of nitrogens with zero attached hydrogens (tertiary/aromatic N) is 1. The van der Waals surface area contributed by atoms with E-state index in [2.05, 4.69) is 10.6 Å². The predicted octanol–water partition coefficient (Wildman–Crippen LogP) is 4.83. The fraction of sp³-hybridized carbons (Fsp3) is 0.231. The van der Waals surface area contributed by atoms with Gasteiger partial charge in [-0.1, -0.05) is 18.2 Å². The van der Waals surface area contributed by atoms with E-state index in [9.17, 15) is 14.0 Å². The number of ether oxygens (including phenoxy) is 2. The van der Waals surface area contributed by atoms with Gasteiger partial charge < -0.3 is 25.0 Å². The number of carbonyl (C=O) groups is 2. The molecule has 176 valence electrons. The molecule has 0 spiro atoms. The molecule has 0 unspecified atom stereocenters. The van der Waals surface area contributed by atoms with E-state index >= 15 is 0 Å². The Morgan fingerprint density at radius 1 is 1.09 bits per heavy atom. The van der Waals surface area contributed by atoms with Crippen molar-refractivity contribution < 1.29 is 23.5 Å². The molecular weight excluding hydrogens is 437 g/mol. The maximum Gasteiger partial charge on any atom is 0.323 e. The number of benzene rings is 3. The molecule has 3 amide bonds. The molecule has 7 nitrogen and oxygen atoms in total. The van der Waals surface area contributed by atoms with E-state index in [4.69, 9.17) is 9.47 Å². The number of nitrogens with one attached hydrogen (secondary N) is 2. The van der Waals surface area contributed by atoms with Gasteiger partial charge in [-0.25, -0.2) is 9.18 Å². The second-order valence-corrected chi connectivity index (χ2v) is 8.03. The summed E-state index contributed by atoms with van der Waals surface area (Å²) in [5, 5.41) is 5.58. The Kier molecular flexibility index (Phi) is 6.96. The SMILES string of the molecule is COc1cccc(NC(=O)Nc2ccc3c(c2)CN(CCc2ccc(F)cc2)C(=O)[C@@H](C)O3)c1.